The Bertz CT molecular complexity index is 462. The highest BCUT2D eigenvalue weighted by Gasteiger charge is 2.37. The van der Waals surface area contributed by atoms with Gasteiger partial charge in [0, 0.05) is 24.2 Å². The molecule has 1 saturated carbocycles. The van der Waals surface area contributed by atoms with Gasteiger partial charge in [0.1, 0.15) is 6.29 Å². The Hall–Kier alpha value is -1.31. The lowest BCUT2D eigenvalue weighted by atomic mass is 9.85. The van der Waals surface area contributed by atoms with Crippen LogP contribution in [0.15, 0.2) is 24.3 Å². The minimum atomic E-state index is -0.0792. The van der Waals surface area contributed by atoms with Gasteiger partial charge in [-0.15, -0.1) is 0 Å². The fraction of sp³-hybridized carbons (Fsp3) is 0.588. The van der Waals surface area contributed by atoms with Crippen LogP contribution in [0.2, 0.25) is 0 Å². The Morgan fingerprint density at radius 3 is 2.79 bits per heavy atom. The van der Waals surface area contributed by atoms with Crippen molar-refractivity contribution in [1.82, 2.24) is 0 Å². The van der Waals surface area contributed by atoms with Gasteiger partial charge in [-0.2, -0.15) is 0 Å². The van der Waals surface area contributed by atoms with Crippen LogP contribution < -0.4 is 4.90 Å². The molecular weight excluding hydrogens is 234 g/mol. The second kappa shape index (κ2) is 4.99. The number of para-hydroxylation sites is 1. The standard InChI is InChI=1S/C17H23NO/c1-14-10-15-6-2-3-7-16(15)18(11-14)12-17(13-19)8-4-5-9-17/h2-3,6-7,13-14H,4-5,8-12H2,1H3. The SMILES string of the molecule is CC1Cc2ccccc2N(CC2(C=O)CCCC2)C1. The quantitative estimate of drug-likeness (QED) is 0.773. The summed E-state index contributed by atoms with van der Waals surface area (Å²) in [6.45, 7) is 4.32. The zero-order valence-corrected chi connectivity index (χ0v) is 11.8. The molecule has 0 bridgehead atoms. The number of anilines is 1. The van der Waals surface area contributed by atoms with Crippen molar-refractivity contribution in [3.63, 3.8) is 0 Å². The number of hydrogen-bond donors (Lipinski definition) is 0. The Labute approximate surface area is 115 Å². The van der Waals surface area contributed by atoms with Gasteiger partial charge in [0.15, 0.2) is 0 Å². The van der Waals surface area contributed by atoms with Gasteiger partial charge >= 0.3 is 0 Å². The molecule has 0 radical (unpaired) electrons. The highest BCUT2D eigenvalue weighted by Crippen LogP contribution is 2.39. The Kier molecular flexibility index (Phi) is 3.34. The first-order valence-electron chi connectivity index (χ1n) is 7.52. The van der Waals surface area contributed by atoms with Gasteiger partial charge in [-0.25, -0.2) is 0 Å². The van der Waals surface area contributed by atoms with Crippen LogP contribution in [0.4, 0.5) is 5.69 Å². The molecule has 0 N–H and O–H groups in total. The van der Waals surface area contributed by atoms with Gasteiger partial charge in [0.2, 0.25) is 0 Å². The van der Waals surface area contributed by atoms with Crippen LogP contribution in [-0.4, -0.2) is 19.4 Å². The highest BCUT2D eigenvalue weighted by molar-refractivity contribution is 5.63. The molecule has 2 nitrogen and oxygen atoms in total. The molecule has 102 valence electrons. The van der Waals surface area contributed by atoms with Gasteiger partial charge < -0.3 is 9.69 Å². The summed E-state index contributed by atoms with van der Waals surface area (Å²) in [6, 6.07) is 8.69. The Morgan fingerprint density at radius 1 is 1.32 bits per heavy atom. The lowest BCUT2D eigenvalue weighted by Crippen LogP contribution is -2.42. The summed E-state index contributed by atoms with van der Waals surface area (Å²) < 4.78 is 0. The van der Waals surface area contributed by atoms with Crippen molar-refractivity contribution in [2.75, 3.05) is 18.0 Å². The highest BCUT2D eigenvalue weighted by atomic mass is 16.1. The Morgan fingerprint density at radius 2 is 2.05 bits per heavy atom. The first-order valence-corrected chi connectivity index (χ1v) is 7.52. The molecule has 1 unspecified atom stereocenters. The molecule has 1 aromatic carbocycles. The van der Waals surface area contributed by atoms with Crippen molar-refractivity contribution in [1.29, 1.82) is 0 Å². The molecule has 0 amide bonds. The molecule has 0 spiro atoms. The van der Waals surface area contributed by atoms with E-state index in [0.717, 1.165) is 25.9 Å². The average Bonchev–Trinajstić information content (AvgIpc) is 2.88. The first kappa shape index (κ1) is 12.7. The number of nitrogens with zero attached hydrogens (tertiary/aromatic N) is 1. The number of benzene rings is 1. The summed E-state index contributed by atoms with van der Waals surface area (Å²) in [7, 11) is 0. The van der Waals surface area contributed by atoms with Crippen molar-refractivity contribution < 1.29 is 4.79 Å². The van der Waals surface area contributed by atoms with Crippen molar-refractivity contribution in [3.05, 3.63) is 29.8 Å². The number of fused-ring (bicyclic) bond motifs is 1. The molecule has 1 heterocycles. The summed E-state index contributed by atoms with van der Waals surface area (Å²) >= 11 is 0. The van der Waals surface area contributed by atoms with Crippen LogP contribution in [0.1, 0.15) is 38.2 Å². The van der Waals surface area contributed by atoms with Crippen LogP contribution >= 0.6 is 0 Å². The van der Waals surface area contributed by atoms with Crippen LogP contribution in [0, 0.1) is 11.3 Å². The van der Waals surface area contributed by atoms with E-state index in [2.05, 4.69) is 36.1 Å². The summed E-state index contributed by atoms with van der Waals surface area (Å²) in [5.41, 5.74) is 2.72. The molecule has 1 fully saturated rings. The molecule has 0 aromatic heterocycles. The zero-order chi connectivity index (χ0) is 13.3. The molecule has 1 aliphatic carbocycles. The third-order valence-corrected chi connectivity index (χ3v) is 4.79. The van der Waals surface area contributed by atoms with Crippen molar-refractivity contribution in [3.8, 4) is 0 Å². The Balaban J connectivity index is 1.86. The van der Waals surface area contributed by atoms with Crippen LogP contribution in [0.3, 0.4) is 0 Å². The van der Waals surface area contributed by atoms with E-state index in [0.29, 0.717) is 5.92 Å². The lowest BCUT2D eigenvalue weighted by Gasteiger charge is -2.39. The fourth-order valence-corrected chi connectivity index (χ4v) is 3.83. The normalized spacial score (nSPS) is 25.1. The van der Waals surface area contributed by atoms with E-state index in [1.807, 2.05) is 0 Å². The number of aldehydes is 1. The molecule has 1 aliphatic heterocycles. The van der Waals surface area contributed by atoms with E-state index in [1.165, 1.54) is 36.8 Å². The van der Waals surface area contributed by atoms with Gasteiger partial charge in [0.25, 0.3) is 0 Å². The third kappa shape index (κ3) is 2.41. The van der Waals surface area contributed by atoms with Crippen LogP contribution in [0.25, 0.3) is 0 Å². The summed E-state index contributed by atoms with van der Waals surface area (Å²) in [5.74, 6) is 0.681. The third-order valence-electron chi connectivity index (χ3n) is 4.79. The topological polar surface area (TPSA) is 20.3 Å². The van der Waals surface area contributed by atoms with E-state index in [4.69, 9.17) is 0 Å². The summed E-state index contributed by atoms with van der Waals surface area (Å²) in [5, 5.41) is 0. The predicted octanol–water partition coefficient (Wildman–Crippen LogP) is 3.44. The van der Waals surface area contributed by atoms with Crippen molar-refractivity contribution in [2.45, 2.75) is 39.0 Å². The van der Waals surface area contributed by atoms with Gasteiger partial charge in [-0.3, -0.25) is 0 Å². The molecule has 2 aliphatic rings. The lowest BCUT2D eigenvalue weighted by molar-refractivity contribution is -0.115. The molecule has 3 rings (SSSR count). The predicted molar refractivity (Wildman–Crippen MR) is 78.5 cm³/mol. The minimum Gasteiger partial charge on any atom is -0.370 e. The maximum Gasteiger partial charge on any atom is 0.127 e. The van der Waals surface area contributed by atoms with Gasteiger partial charge in [0.05, 0.1) is 0 Å². The molecule has 19 heavy (non-hydrogen) atoms. The maximum absolute atomic E-state index is 11.6. The number of carbonyl (C=O) groups excluding carboxylic acids is 1. The monoisotopic (exact) mass is 257 g/mol. The number of hydrogen-bond acceptors (Lipinski definition) is 2. The number of carbonyl (C=O) groups is 1. The summed E-state index contributed by atoms with van der Waals surface area (Å²) in [6.07, 6.45) is 6.98. The minimum absolute atomic E-state index is 0.0792. The molecule has 1 atom stereocenters. The van der Waals surface area contributed by atoms with E-state index in [1.54, 1.807) is 0 Å². The maximum atomic E-state index is 11.6. The molecule has 0 saturated heterocycles. The fourth-order valence-electron chi connectivity index (χ4n) is 3.83. The smallest absolute Gasteiger partial charge is 0.127 e. The second-order valence-corrected chi connectivity index (χ2v) is 6.51. The van der Waals surface area contributed by atoms with E-state index in [9.17, 15) is 4.79 Å². The zero-order valence-electron chi connectivity index (χ0n) is 11.8. The van der Waals surface area contributed by atoms with Crippen LogP contribution in [0.5, 0.6) is 0 Å². The van der Waals surface area contributed by atoms with E-state index < -0.39 is 0 Å². The van der Waals surface area contributed by atoms with E-state index in [-0.39, 0.29) is 5.41 Å². The average molecular weight is 257 g/mol. The molecular formula is C17H23NO. The van der Waals surface area contributed by atoms with Gasteiger partial charge in [-0.1, -0.05) is 38.0 Å². The second-order valence-electron chi connectivity index (χ2n) is 6.51. The van der Waals surface area contributed by atoms with E-state index >= 15 is 0 Å². The number of rotatable bonds is 3. The van der Waals surface area contributed by atoms with Gasteiger partial charge in [-0.05, 0) is 36.8 Å². The van der Waals surface area contributed by atoms with Crippen LogP contribution in [-0.2, 0) is 11.2 Å². The first-order chi connectivity index (χ1) is 9.22. The largest absolute Gasteiger partial charge is 0.370 e. The molecule has 1 aromatic rings. The molecule has 2 heteroatoms. The van der Waals surface area contributed by atoms with Crippen molar-refractivity contribution >= 4 is 12.0 Å². The van der Waals surface area contributed by atoms with Crippen molar-refractivity contribution in [2.24, 2.45) is 11.3 Å². The summed E-state index contributed by atoms with van der Waals surface area (Å²) in [4.78, 5) is 14.0.